The maximum absolute atomic E-state index is 12.9. The molecular weight excluding hydrogens is 402 g/mol. The normalized spacial score (nSPS) is 12.3. The van der Waals surface area contributed by atoms with E-state index in [1.54, 1.807) is 36.6 Å². The topological polar surface area (TPSA) is 85.3 Å². The number of carbonyl (C=O) groups excluding carboxylic acids is 1. The lowest BCUT2D eigenvalue weighted by molar-refractivity contribution is -0.117. The van der Waals surface area contributed by atoms with Gasteiger partial charge in [0.1, 0.15) is 0 Å². The van der Waals surface area contributed by atoms with Gasteiger partial charge >= 0.3 is 0 Å². The summed E-state index contributed by atoms with van der Waals surface area (Å²) in [5.74, 6) is 0.623. The van der Waals surface area contributed by atoms with Crippen molar-refractivity contribution in [2.75, 3.05) is 5.32 Å². The lowest BCUT2D eigenvalue weighted by atomic mass is 10.0. The lowest BCUT2D eigenvalue weighted by Gasteiger charge is -2.13. The highest BCUT2D eigenvalue weighted by molar-refractivity contribution is 6.31. The molecular formula is C22H16ClN5O2. The van der Waals surface area contributed by atoms with E-state index in [0.29, 0.717) is 27.8 Å². The summed E-state index contributed by atoms with van der Waals surface area (Å²) in [7, 11) is 0. The Morgan fingerprint density at radius 2 is 1.93 bits per heavy atom. The van der Waals surface area contributed by atoms with Gasteiger partial charge < -0.3 is 4.42 Å². The van der Waals surface area contributed by atoms with Crippen LogP contribution in [-0.4, -0.2) is 25.5 Å². The summed E-state index contributed by atoms with van der Waals surface area (Å²) >= 11 is 6.19. The van der Waals surface area contributed by atoms with E-state index in [2.05, 4.69) is 20.4 Å². The van der Waals surface area contributed by atoms with E-state index in [-0.39, 0.29) is 17.8 Å². The number of amides is 1. The molecule has 5 aromatic rings. The molecule has 148 valence electrons. The van der Waals surface area contributed by atoms with Crippen LogP contribution < -0.4 is 5.32 Å². The van der Waals surface area contributed by atoms with Crippen LogP contribution in [0.25, 0.3) is 28.1 Å². The summed E-state index contributed by atoms with van der Waals surface area (Å²) in [6.45, 7) is 1.85. The molecule has 0 aliphatic carbocycles. The van der Waals surface area contributed by atoms with Crippen LogP contribution in [0, 0.1) is 0 Å². The molecule has 3 heterocycles. The first-order valence-electron chi connectivity index (χ1n) is 9.36. The zero-order valence-electron chi connectivity index (χ0n) is 15.9. The minimum atomic E-state index is -0.364. The first-order valence-corrected chi connectivity index (χ1v) is 9.73. The van der Waals surface area contributed by atoms with Gasteiger partial charge in [0, 0.05) is 10.4 Å². The molecule has 5 rings (SSSR count). The molecule has 0 aliphatic rings. The first kappa shape index (κ1) is 18.3. The van der Waals surface area contributed by atoms with Crippen molar-refractivity contribution < 1.29 is 9.21 Å². The summed E-state index contributed by atoms with van der Waals surface area (Å²) in [6.07, 6.45) is 1.55. The predicted octanol–water partition coefficient (Wildman–Crippen LogP) is 4.93. The van der Waals surface area contributed by atoms with Gasteiger partial charge in [-0.05, 0) is 42.8 Å². The van der Waals surface area contributed by atoms with Crippen molar-refractivity contribution in [1.82, 2.24) is 19.6 Å². The van der Waals surface area contributed by atoms with Crippen LogP contribution >= 0.6 is 11.6 Å². The van der Waals surface area contributed by atoms with Gasteiger partial charge in [0.2, 0.25) is 17.7 Å². The Kier molecular flexibility index (Phi) is 4.44. The van der Waals surface area contributed by atoms with Crippen LogP contribution in [0.4, 0.5) is 5.95 Å². The van der Waals surface area contributed by atoms with E-state index >= 15 is 0 Å². The number of furan rings is 1. The van der Waals surface area contributed by atoms with E-state index in [1.807, 2.05) is 37.3 Å². The SMILES string of the molecule is C[C@H](C(=O)Nc1nc2ccc(Cl)cc2c2nc(-c3ccco3)nn12)c1ccccc1. The highest BCUT2D eigenvalue weighted by Gasteiger charge is 2.20. The average molecular weight is 418 g/mol. The van der Waals surface area contributed by atoms with Gasteiger partial charge in [-0.1, -0.05) is 41.9 Å². The van der Waals surface area contributed by atoms with Crippen molar-refractivity contribution in [2.24, 2.45) is 0 Å². The van der Waals surface area contributed by atoms with Crippen molar-refractivity contribution in [3.63, 3.8) is 0 Å². The van der Waals surface area contributed by atoms with Gasteiger partial charge in [-0.3, -0.25) is 10.1 Å². The number of nitrogens with zero attached hydrogens (tertiary/aromatic N) is 4. The van der Waals surface area contributed by atoms with E-state index in [1.165, 1.54) is 4.52 Å². The molecule has 1 atom stereocenters. The molecule has 0 saturated heterocycles. The maximum Gasteiger partial charge on any atom is 0.233 e. The smallest absolute Gasteiger partial charge is 0.233 e. The average Bonchev–Trinajstić information content (AvgIpc) is 3.44. The highest BCUT2D eigenvalue weighted by Crippen LogP contribution is 2.27. The molecule has 3 aromatic heterocycles. The molecule has 0 aliphatic heterocycles. The number of halogens is 1. The van der Waals surface area contributed by atoms with Crippen molar-refractivity contribution >= 4 is 40.0 Å². The van der Waals surface area contributed by atoms with Crippen LogP contribution in [0.15, 0.2) is 71.3 Å². The Labute approximate surface area is 176 Å². The monoisotopic (exact) mass is 417 g/mol. The van der Waals surface area contributed by atoms with Crippen LogP contribution in [0.3, 0.4) is 0 Å². The van der Waals surface area contributed by atoms with Crippen molar-refractivity contribution in [3.05, 3.63) is 77.5 Å². The number of aromatic nitrogens is 4. The molecule has 8 heteroatoms. The molecule has 2 aromatic carbocycles. The summed E-state index contributed by atoms with van der Waals surface area (Å²) in [4.78, 5) is 22.1. The van der Waals surface area contributed by atoms with E-state index in [0.717, 1.165) is 10.9 Å². The van der Waals surface area contributed by atoms with Crippen molar-refractivity contribution in [3.8, 4) is 11.6 Å². The minimum Gasteiger partial charge on any atom is -0.461 e. The number of hydrogen-bond acceptors (Lipinski definition) is 5. The second kappa shape index (κ2) is 7.27. The molecule has 1 amide bonds. The molecule has 0 spiro atoms. The van der Waals surface area contributed by atoms with Gasteiger partial charge in [-0.15, -0.1) is 5.10 Å². The standard InChI is InChI=1S/C22H16ClN5O2/c1-13(14-6-3-2-4-7-14)21(29)26-22-24-17-10-9-15(23)12-16(17)20-25-19(27-28(20)22)18-8-5-11-30-18/h2-13H,1H3,(H,24,26,29)/t13-/m0/s1. The third-order valence-corrected chi connectivity index (χ3v) is 5.14. The van der Waals surface area contributed by atoms with Crippen molar-refractivity contribution in [2.45, 2.75) is 12.8 Å². The van der Waals surface area contributed by atoms with Gasteiger partial charge in [0.15, 0.2) is 11.4 Å². The van der Waals surface area contributed by atoms with Gasteiger partial charge in [-0.2, -0.15) is 4.52 Å². The Hall–Kier alpha value is -3.71. The largest absolute Gasteiger partial charge is 0.461 e. The van der Waals surface area contributed by atoms with Crippen LogP contribution in [-0.2, 0) is 4.79 Å². The molecule has 0 fully saturated rings. The first-order chi connectivity index (χ1) is 14.6. The molecule has 7 nitrogen and oxygen atoms in total. The van der Waals surface area contributed by atoms with Gasteiger partial charge in [0.05, 0.1) is 17.7 Å². The number of hydrogen-bond donors (Lipinski definition) is 1. The summed E-state index contributed by atoms with van der Waals surface area (Å²) < 4.78 is 6.94. The zero-order valence-corrected chi connectivity index (χ0v) is 16.7. The Morgan fingerprint density at radius 3 is 2.70 bits per heavy atom. The zero-order chi connectivity index (χ0) is 20.7. The minimum absolute atomic E-state index is 0.196. The number of fused-ring (bicyclic) bond motifs is 3. The molecule has 1 N–H and O–H groups in total. The molecule has 0 unspecified atom stereocenters. The fourth-order valence-corrected chi connectivity index (χ4v) is 3.46. The van der Waals surface area contributed by atoms with Crippen LogP contribution in [0.1, 0.15) is 18.4 Å². The molecule has 0 saturated carbocycles. The Bertz CT molecular complexity index is 1360. The quantitative estimate of drug-likeness (QED) is 0.448. The van der Waals surface area contributed by atoms with Crippen LogP contribution in [0.2, 0.25) is 5.02 Å². The third-order valence-electron chi connectivity index (χ3n) is 4.90. The van der Waals surface area contributed by atoms with Gasteiger partial charge in [-0.25, -0.2) is 9.97 Å². The number of anilines is 1. The molecule has 0 radical (unpaired) electrons. The second-order valence-electron chi connectivity index (χ2n) is 6.87. The maximum atomic E-state index is 12.9. The number of carbonyl (C=O) groups is 1. The highest BCUT2D eigenvalue weighted by atomic mass is 35.5. The Balaban J connectivity index is 1.63. The van der Waals surface area contributed by atoms with E-state index in [9.17, 15) is 4.79 Å². The fourth-order valence-electron chi connectivity index (χ4n) is 3.28. The molecule has 0 bridgehead atoms. The summed E-state index contributed by atoms with van der Waals surface area (Å²) in [5, 5.41) is 8.69. The number of rotatable bonds is 4. The number of nitrogens with one attached hydrogen (secondary N) is 1. The lowest BCUT2D eigenvalue weighted by Crippen LogP contribution is -2.21. The van der Waals surface area contributed by atoms with E-state index in [4.69, 9.17) is 16.0 Å². The van der Waals surface area contributed by atoms with Gasteiger partial charge in [0.25, 0.3) is 0 Å². The summed E-state index contributed by atoms with van der Waals surface area (Å²) in [5.41, 5.74) is 2.08. The van der Waals surface area contributed by atoms with Crippen LogP contribution in [0.5, 0.6) is 0 Å². The summed E-state index contributed by atoms with van der Waals surface area (Å²) in [6, 6.07) is 18.4. The molecule has 30 heavy (non-hydrogen) atoms. The third kappa shape index (κ3) is 3.19. The second-order valence-corrected chi connectivity index (χ2v) is 7.30. The predicted molar refractivity (Wildman–Crippen MR) is 114 cm³/mol. The number of benzene rings is 2. The Morgan fingerprint density at radius 1 is 1.10 bits per heavy atom. The van der Waals surface area contributed by atoms with Crippen molar-refractivity contribution in [1.29, 1.82) is 0 Å². The fraction of sp³-hybridized carbons (Fsp3) is 0.0909. The van der Waals surface area contributed by atoms with E-state index < -0.39 is 0 Å².